The van der Waals surface area contributed by atoms with Crippen LogP contribution in [0.3, 0.4) is 0 Å². The number of aromatic nitrogens is 1. The maximum atomic E-state index is 11.2. The number of nitrogens with zero attached hydrogens (tertiary/aromatic N) is 2. The van der Waals surface area contributed by atoms with Gasteiger partial charge in [-0.3, -0.25) is 14.6 Å². The summed E-state index contributed by atoms with van der Waals surface area (Å²) >= 11 is 0. The van der Waals surface area contributed by atoms with E-state index in [-0.39, 0.29) is 19.4 Å². The Morgan fingerprint density at radius 2 is 1.51 bits per heavy atom. The van der Waals surface area contributed by atoms with Crippen LogP contribution in [0.5, 0.6) is 11.5 Å². The van der Waals surface area contributed by atoms with Crippen molar-refractivity contribution in [2.75, 3.05) is 27.3 Å². The zero-order valence-electron chi connectivity index (χ0n) is 24.2. The molecular weight excluding hydrogens is 520 g/mol. The molecule has 0 aliphatic rings. The number of carbonyl (C=O) groups is 2. The Labute approximate surface area is 243 Å². The van der Waals surface area contributed by atoms with Gasteiger partial charge in [0.1, 0.15) is 11.5 Å². The van der Waals surface area contributed by atoms with Gasteiger partial charge in [-0.2, -0.15) is 0 Å². The van der Waals surface area contributed by atoms with E-state index in [1.165, 1.54) is 5.56 Å². The molecule has 0 aliphatic carbocycles. The highest BCUT2D eigenvalue weighted by molar-refractivity contribution is 5.68. The molecule has 220 valence electrons. The van der Waals surface area contributed by atoms with Crippen molar-refractivity contribution in [2.24, 2.45) is 0 Å². The molecule has 1 heterocycles. The van der Waals surface area contributed by atoms with E-state index in [4.69, 9.17) is 14.6 Å². The number of rotatable bonds is 19. The highest BCUT2D eigenvalue weighted by atomic mass is 16.5. The van der Waals surface area contributed by atoms with Crippen molar-refractivity contribution in [3.63, 3.8) is 0 Å². The molecule has 0 saturated carbocycles. The second-order valence-electron chi connectivity index (χ2n) is 10.5. The van der Waals surface area contributed by atoms with Crippen LogP contribution in [0.1, 0.15) is 61.6 Å². The smallest absolute Gasteiger partial charge is 0.303 e. The zero-order chi connectivity index (χ0) is 29.5. The number of benzene rings is 2. The lowest BCUT2D eigenvalue weighted by Gasteiger charge is -2.15. The molecule has 8 heteroatoms. The minimum atomic E-state index is -0.855. The third kappa shape index (κ3) is 11.6. The molecule has 2 N–H and O–H groups in total. The van der Waals surface area contributed by atoms with Gasteiger partial charge >= 0.3 is 11.9 Å². The van der Waals surface area contributed by atoms with Crippen molar-refractivity contribution in [1.29, 1.82) is 0 Å². The number of hydrogen-bond donors (Lipinski definition) is 2. The topological polar surface area (TPSA) is 109 Å². The van der Waals surface area contributed by atoms with Gasteiger partial charge in [-0.1, -0.05) is 25.0 Å². The Bertz CT molecular complexity index is 1250. The number of ether oxygens (including phenoxy) is 2. The van der Waals surface area contributed by atoms with E-state index in [1.807, 2.05) is 30.3 Å². The molecule has 41 heavy (non-hydrogen) atoms. The lowest BCUT2D eigenvalue weighted by molar-refractivity contribution is -0.138. The summed E-state index contributed by atoms with van der Waals surface area (Å²) < 4.78 is 12.0. The monoisotopic (exact) mass is 562 g/mol. The van der Waals surface area contributed by atoms with Crippen LogP contribution in [0, 0.1) is 0 Å². The van der Waals surface area contributed by atoms with Gasteiger partial charge in [0.25, 0.3) is 0 Å². The van der Waals surface area contributed by atoms with Gasteiger partial charge in [0.2, 0.25) is 0 Å². The second-order valence-corrected chi connectivity index (χ2v) is 10.5. The predicted molar refractivity (Wildman–Crippen MR) is 159 cm³/mol. The summed E-state index contributed by atoms with van der Waals surface area (Å²) in [6.45, 7) is 1.76. The summed E-state index contributed by atoms with van der Waals surface area (Å²) in [7, 11) is 4.11. The van der Waals surface area contributed by atoms with Crippen LogP contribution in [0.4, 0.5) is 0 Å². The molecule has 0 spiro atoms. The van der Waals surface area contributed by atoms with Crippen LogP contribution >= 0.6 is 0 Å². The number of pyridine rings is 1. The van der Waals surface area contributed by atoms with Gasteiger partial charge in [-0.05, 0) is 110 Å². The maximum absolute atomic E-state index is 11.2. The summed E-state index contributed by atoms with van der Waals surface area (Å²) in [5.74, 6) is -0.173. The highest BCUT2D eigenvalue weighted by Gasteiger charge is 2.12. The fraction of sp³-hybridized carbons (Fsp3) is 0.424. The molecule has 0 aliphatic heterocycles. The molecule has 1 aromatic heterocycles. The first-order chi connectivity index (χ1) is 19.8. The lowest BCUT2D eigenvalue weighted by Crippen LogP contribution is -2.11. The van der Waals surface area contributed by atoms with E-state index >= 15 is 0 Å². The molecule has 0 bridgehead atoms. The average molecular weight is 563 g/mol. The molecule has 2 aromatic carbocycles. The van der Waals surface area contributed by atoms with Crippen molar-refractivity contribution in [3.05, 3.63) is 77.6 Å². The van der Waals surface area contributed by atoms with Gasteiger partial charge < -0.3 is 24.6 Å². The summed E-state index contributed by atoms with van der Waals surface area (Å²) in [6, 6.07) is 16.2. The van der Waals surface area contributed by atoms with Crippen LogP contribution in [-0.4, -0.2) is 59.3 Å². The first-order valence-electron chi connectivity index (χ1n) is 14.3. The first-order valence-corrected chi connectivity index (χ1v) is 14.3. The summed E-state index contributed by atoms with van der Waals surface area (Å²) in [6.07, 6.45) is 9.30. The molecule has 0 unspecified atom stereocenters. The SMILES string of the molecule is CN(C)Cc1cc(OCCCCCCc2cccc(OCCCC(=O)O)c2CCC(=O)O)cc(-c2ccncc2)c1. The molecule has 0 saturated heterocycles. The number of hydrogen-bond acceptors (Lipinski definition) is 6. The van der Waals surface area contributed by atoms with Crippen LogP contribution < -0.4 is 9.47 Å². The van der Waals surface area contributed by atoms with E-state index in [0.717, 1.165) is 66.7 Å². The van der Waals surface area contributed by atoms with Crippen molar-refractivity contribution in [2.45, 2.75) is 64.3 Å². The Morgan fingerprint density at radius 1 is 0.780 bits per heavy atom. The molecule has 8 nitrogen and oxygen atoms in total. The van der Waals surface area contributed by atoms with Crippen molar-refractivity contribution in [3.8, 4) is 22.6 Å². The van der Waals surface area contributed by atoms with E-state index in [9.17, 15) is 14.7 Å². The molecule has 3 rings (SSSR count). The largest absolute Gasteiger partial charge is 0.494 e. The molecular formula is C33H42N2O6. The van der Waals surface area contributed by atoms with Crippen molar-refractivity contribution in [1.82, 2.24) is 9.88 Å². The maximum Gasteiger partial charge on any atom is 0.303 e. The zero-order valence-corrected chi connectivity index (χ0v) is 24.2. The lowest BCUT2D eigenvalue weighted by atomic mass is 9.97. The van der Waals surface area contributed by atoms with Crippen LogP contribution in [-0.2, 0) is 29.0 Å². The van der Waals surface area contributed by atoms with Crippen molar-refractivity contribution >= 4 is 11.9 Å². The molecule has 0 amide bonds. The molecule has 3 aromatic rings. The van der Waals surface area contributed by atoms with Crippen LogP contribution in [0.15, 0.2) is 60.9 Å². The third-order valence-electron chi connectivity index (χ3n) is 6.70. The van der Waals surface area contributed by atoms with E-state index in [0.29, 0.717) is 25.2 Å². The van der Waals surface area contributed by atoms with E-state index < -0.39 is 11.9 Å². The van der Waals surface area contributed by atoms with Crippen LogP contribution in [0.2, 0.25) is 0 Å². The summed E-state index contributed by atoms with van der Waals surface area (Å²) in [5, 5.41) is 18.1. The predicted octanol–water partition coefficient (Wildman–Crippen LogP) is 6.25. The minimum Gasteiger partial charge on any atom is -0.494 e. The quantitative estimate of drug-likeness (QED) is 0.165. The summed E-state index contributed by atoms with van der Waals surface area (Å²) in [4.78, 5) is 28.3. The van der Waals surface area contributed by atoms with Gasteiger partial charge in [0.15, 0.2) is 0 Å². The Hall–Kier alpha value is -3.91. The molecule has 0 atom stereocenters. The Morgan fingerprint density at radius 3 is 2.24 bits per heavy atom. The number of aryl methyl sites for hydroxylation is 1. The van der Waals surface area contributed by atoms with Gasteiger partial charge in [0, 0.05) is 31.8 Å². The Balaban J connectivity index is 1.50. The molecule has 0 fully saturated rings. The number of carboxylic acids is 2. The average Bonchev–Trinajstić information content (AvgIpc) is 2.94. The van der Waals surface area contributed by atoms with Gasteiger partial charge in [0.05, 0.1) is 13.2 Å². The summed E-state index contributed by atoms with van der Waals surface area (Å²) in [5.41, 5.74) is 5.44. The van der Waals surface area contributed by atoms with E-state index in [2.05, 4.69) is 42.2 Å². The number of carboxylic acid groups (broad SMARTS) is 2. The first kappa shape index (κ1) is 31.6. The number of aliphatic carboxylic acids is 2. The minimum absolute atomic E-state index is 0.0262. The van der Waals surface area contributed by atoms with Crippen molar-refractivity contribution < 1.29 is 29.3 Å². The number of unbranched alkanes of at least 4 members (excludes halogenated alkanes) is 3. The van der Waals surface area contributed by atoms with Gasteiger partial charge in [-0.25, -0.2) is 0 Å². The highest BCUT2D eigenvalue weighted by Crippen LogP contribution is 2.28. The standard InChI is InChI=1S/C33H42N2O6/c1-35(2)24-25-21-28(26-15-17-34-18-16-26)23-29(22-25)40-19-6-4-3-5-9-27-10-7-11-31(30(27)13-14-33(38)39)41-20-8-12-32(36)37/h7,10-11,15-18,21-23H,3-6,8-9,12-14,19-20,24H2,1-2H3,(H,36,37)(H,38,39). The van der Waals surface area contributed by atoms with Gasteiger partial charge in [-0.15, -0.1) is 0 Å². The normalized spacial score (nSPS) is 11.0. The van der Waals surface area contributed by atoms with E-state index in [1.54, 1.807) is 12.4 Å². The second kappa shape index (κ2) is 17.0. The third-order valence-corrected chi connectivity index (χ3v) is 6.70. The fourth-order valence-corrected chi connectivity index (χ4v) is 4.77. The molecule has 0 radical (unpaired) electrons. The Kier molecular flexibility index (Phi) is 13.1. The fourth-order valence-electron chi connectivity index (χ4n) is 4.77. The van der Waals surface area contributed by atoms with Crippen LogP contribution in [0.25, 0.3) is 11.1 Å².